The van der Waals surface area contributed by atoms with Gasteiger partial charge in [0, 0.05) is 18.3 Å². The molecule has 0 fully saturated rings. The van der Waals surface area contributed by atoms with Gasteiger partial charge in [0.15, 0.2) is 0 Å². The Labute approximate surface area is 117 Å². The number of ether oxygens (including phenoxy) is 1. The van der Waals surface area contributed by atoms with Gasteiger partial charge in [-0.1, -0.05) is 0 Å². The minimum atomic E-state index is 0.175. The van der Waals surface area contributed by atoms with Crippen molar-refractivity contribution in [3.05, 3.63) is 36.2 Å². The summed E-state index contributed by atoms with van der Waals surface area (Å²) in [5.41, 5.74) is 2.75. The second kappa shape index (κ2) is 5.28. The van der Waals surface area contributed by atoms with E-state index >= 15 is 0 Å². The van der Waals surface area contributed by atoms with Crippen LogP contribution in [-0.4, -0.2) is 22.3 Å². The van der Waals surface area contributed by atoms with Gasteiger partial charge in [0.05, 0.1) is 18.0 Å². The average Bonchev–Trinajstić information content (AvgIpc) is 2.88. The van der Waals surface area contributed by atoms with Crippen LogP contribution in [0.1, 0.15) is 19.5 Å². The fourth-order valence-corrected chi connectivity index (χ4v) is 1.98. The third kappa shape index (κ3) is 2.77. The van der Waals surface area contributed by atoms with Crippen LogP contribution in [0.2, 0.25) is 0 Å². The molecule has 2 heterocycles. The Morgan fingerprint density at radius 2 is 2.00 bits per heavy atom. The van der Waals surface area contributed by atoms with Crippen molar-refractivity contribution in [3.63, 3.8) is 0 Å². The number of nitrogens with one attached hydrogen (secondary N) is 1. The average molecular weight is 268 g/mol. The molecule has 0 bridgehead atoms. The molecule has 1 N–H and O–H groups in total. The summed E-state index contributed by atoms with van der Waals surface area (Å²) in [6.45, 7) is 4.01. The minimum Gasteiger partial charge on any atom is -0.491 e. The molecule has 0 aliphatic carbocycles. The van der Waals surface area contributed by atoms with Crippen molar-refractivity contribution in [1.29, 1.82) is 0 Å². The molecule has 0 atom stereocenters. The molecule has 0 radical (unpaired) electrons. The molecular weight excluding hydrogens is 252 g/mol. The van der Waals surface area contributed by atoms with E-state index in [1.807, 2.05) is 44.3 Å². The van der Waals surface area contributed by atoms with Crippen LogP contribution in [0.5, 0.6) is 5.75 Å². The van der Waals surface area contributed by atoms with Gasteiger partial charge in [0.2, 0.25) is 5.95 Å². The summed E-state index contributed by atoms with van der Waals surface area (Å²) in [4.78, 5) is 12.9. The molecule has 0 unspecified atom stereocenters. The highest BCUT2D eigenvalue weighted by Gasteiger charge is 2.10. The fraction of sp³-hybridized carbons (Fsp3) is 0.267. The SMILES string of the molecule is CC(C)Oc1ccc(Nc2ncc3c(n2)CC=N3)cc1. The number of aromatic nitrogens is 2. The lowest BCUT2D eigenvalue weighted by atomic mass is 10.3. The number of hydrogen-bond acceptors (Lipinski definition) is 5. The van der Waals surface area contributed by atoms with E-state index in [2.05, 4.69) is 20.3 Å². The lowest BCUT2D eigenvalue weighted by molar-refractivity contribution is 0.242. The van der Waals surface area contributed by atoms with Crippen LogP contribution in [0.3, 0.4) is 0 Å². The summed E-state index contributed by atoms with van der Waals surface area (Å²) in [6, 6.07) is 7.76. The highest BCUT2D eigenvalue weighted by molar-refractivity contribution is 5.74. The predicted octanol–water partition coefficient (Wildman–Crippen LogP) is 3.27. The number of hydrogen-bond donors (Lipinski definition) is 1. The number of aliphatic imine (C=N–C) groups is 1. The van der Waals surface area contributed by atoms with Crippen LogP contribution in [0.15, 0.2) is 35.5 Å². The number of fused-ring (bicyclic) bond motifs is 1. The summed E-state index contributed by atoms with van der Waals surface area (Å²) < 4.78 is 5.60. The Balaban J connectivity index is 1.71. The van der Waals surface area contributed by atoms with Crippen LogP contribution in [0.25, 0.3) is 0 Å². The van der Waals surface area contributed by atoms with Crippen molar-refractivity contribution in [1.82, 2.24) is 9.97 Å². The fourth-order valence-electron chi connectivity index (χ4n) is 1.98. The van der Waals surface area contributed by atoms with E-state index in [0.29, 0.717) is 5.95 Å². The smallest absolute Gasteiger partial charge is 0.227 e. The first kappa shape index (κ1) is 12.6. The third-order valence-electron chi connectivity index (χ3n) is 2.84. The molecule has 1 aliphatic heterocycles. The van der Waals surface area contributed by atoms with Crippen LogP contribution in [0, 0.1) is 0 Å². The van der Waals surface area contributed by atoms with Gasteiger partial charge in [0.1, 0.15) is 11.4 Å². The maximum atomic E-state index is 5.60. The highest BCUT2D eigenvalue weighted by Crippen LogP contribution is 2.24. The van der Waals surface area contributed by atoms with Gasteiger partial charge < -0.3 is 10.1 Å². The largest absolute Gasteiger partial charge is 0.491 e. The van der Waals surface area contributed by atoms with Gasteiger partial charge in [-0.05, 0) is 38.1 Å². The summed E-state index contributed by atoms with van der Waals surface area (Å²) in [6.07, 6.45) is 4.54. The molecule has 102 valence electrons. The third-order valence-corrected chi connectivity index (χ3v) is 2.84. The molecular formula is C15H16N4O. The molecule has 20 heavy (non-hydrogen) atoms. The first-order valence-electron chi connectivity index (χ1n) is 6.63. The lowest BCUT2D eigenvalue weighted by Gasteiger charge is -2.10. The maximum absolute atomic E-state index is 5.60. The van der Waals surface area contributed by atoms with Crippen molar-refractivity contribution >= 4 is 23.5 Å². The molecule has 5 nitrogen and oxygen atoms in total. The van der Waals surface area contributed by atoms with E-state index in [1.165, 1.54) is 0 Å². The Morgan fingerprint density at radius 1 is 1.20 bits per heavy atom. The monoisotopic (exact) mass is 268 g/mol. The van der Waals surface area contributed by atoms with Gasteiger partial charge >= 0.3 is 0 Å². The first-order valence-corrected chi connectivity index (χ1v) is 6.63. The van der Waals surface area contributed by atoms with Crippen molar-refractivity contribution in [2.24, 2.45) is 4.99 Å². The normalized spacial score (nSPS) is 12.6. The molecule has 1 aromatic heterocycles. The molecule has 0 saturated heterocycles. The highest BCUT2D eigenvalue weighted by atomic mass is 16.5. The molecule has 0 amide bonds. The zero-order valence-electron chi connectivity index (χ0n) is 11.5. The van der Waals surface area contributed by atoms with Gasteiger partial charge in [-0.25, -0.2) is 9.97 Å². The van der Waals surface area contributed by atoms with Gasteiger partial charge in [-0.3, -0.25) is 4.99 Å². The molecule has 0 spiro atoms. The maximum Gasteiger partial charge on any atom is 0.227 e. The molecule has 5 heteroatoms. The lowest BCUT2D eigenvalue weighted by Crippen LogP contribution is -2.05. The van der Waals surface area contributed by atoms with E-state index in [1.54, 1.807) is 6.20 Å². The van der Waals surface area contributed by atoms with Crippen molar-refractivity contribution < 1.29 is 4.74 Å². The van der Waals surface area contributed by atoms with Gasteiger partial charge in [-0.15, -0.1) is 0 Å². The summed E-state index contributed by atoms with van der Waals surface area (Å²) in [7, 11) is 0. The quantitative estimate of drug-likeness (QED) is 0.924. The van der Waals surface area contributed by atoms with Gasteiger partial charge in [0.25, 0.3) is 0 Å². The topological polar surface area (TPSA) is 59.4 Å². The van der Waals surface area contributed by atoms with Crippen LogP contribution in [-0.2, 0) is 6.42 Å². The summed E-state index contributed by atoms with van der Waals surface area (Å²) >= 11 is 0. The summed E-state index contributed by atoms with van der Waals surface area (Å²) in [5.74, 6) is 1.44. The number of benzene rings is 1. The summed E-state index contributed by atoms with van der Waals surface area (Å²) in [5, 5.41) is 3.18. The van der Waals surface area contributed by atoms with E-state index in [-0.39, 0.29) is 6.10 Å². The minimum absolute atomic E-state index is 0.175. The molecule has 1 aliphatic rings. The van der Waals surface area contributed by atoms with E-state index in [4.69, 9.17) is 4.74 Å². The Hall–Kier alpha value is -2.43. The van der Waals surface area contributed by atoms with Crippen molar-refractivity contribution in [2.75, 3.05) is 5.32 Å². The van der Waals surface area contributed by atoms with E-state index < -0.39 is 0 Å². The zero-order chi connectivity index (χ0) is 13.9. The van der Waals surface area contributed by atoms with Crippen molar-refractivity contribution in [3.8, 4) is 5.75 Å². The van der Waals surface area contributed by atoms with Crippen molar-refractivity contribution in [2.45, 2.75) is 26.4 Å². The molecule has 0 saturated carbocycles. The number of anilines is 2. The zero-order valence-corrected chi connectivity index (χ0v) is 11.5. The predicted molar refractivity (Wildman–Crippen MR) is 79.4 cm³/mol. The molecule has 3 rings (SSSR count). The second-order valence-corrected chi connectivity index (χ2v) is 4.86. The Morgan fingerprint density at radius 3 is 2.75 bits per heavy atom. The number of nitrogens with zero attached hydrogens (tertiary/aromatic N) is 3. The molecule has 2 aromatic rings. The first-order chi connectivity index (χ1) is 9.70. The number of rotatable bonds is 4. The Kier molecular flexibility index (Phi) is 3.33. The van der Waals surface area contributed by atoms with Crippen LogP contribution < -0.4 is 10.1 Å². The molecule has 1 aromatic carbocycles. The van der Waals surface area contributed by atoms with Gasteiger partial charge in [-0.2, -0.15) is 0 Å². The van der Waals surface area contributed by atoms with E-state index in [9.17, 15) is 0 Å². The van der Waals surface area contributed by atoms with E-state index in [0.717, 1.165) is 29.2 Å². The van der Waals surface area contributed by atoms with Crippen LogP contribution >= 0.6 is 0 Å². The Bertz CT molecular complexity index is 635. The standard InChI is InChI=1S/C15H16N4O/c1-10(2)20-12-5-3-11(4-6-12)18-15-17-9-14-13(19-15)7-8-16-14/h3-6,8-10H,7H2,1-2H3,(H,17,18,19). The van der Waals surface area contributed by atoms with Crippen LogP contribution in [0.4, 0.5) is 17.3 Å². The second-order valence-electron chi connectivity index (χ2n) is 4.86.